The quantitative estimate of drug-likeness (QED) is 0.529. The molecule has 0 saturated carbocycles. The predicted octanol–water partition coefficient (Wildman–Crippen LogP) is 2.43. The van der Waals surface area contributed by atoms with Gasteiger partial charge in [-0.25, -0.2) is 4.79 Å². The second-order valence-corrected chi connectivity index (χ2v) is 9.59. The normalized spacial score (nSPS) is 22.3. The molecule has 0 aromatic heterocycles. The Kier molecular flexibility index (Phi) is 6.28. The molecule has 2 saturated heterocycles. The fourth-order valence-corrected chi connectivity index (χ4v) is 5.23. The Morgan fingerprint density at radius 2 is 1.74 bits per heavy atom. The number of aliphatic hydroxyl groups is 1. The van der Waals surface area contributed by atoms with Crippen molar-refractivity contribution in [2.24, 2.45) is 11.8 Å². The topological polar surface area (TPSA) is 89.7 Å². The van der Waals surface area contributed by atoms with E-state index in [1.165, 1.54) is 5.56 Å². The van der Waals surface area contributed by atoms with E-state index in [2.05, 4.69) is 28.4 Å². The summed E-state index contributed by atoms with van der Waals surface area (Å²) >= 11 is 0. The zero-order valence-corrected chi connectivity index (χ0v) is 19.2. The molecule has 7 nitrogen and oxygen atoms in total. The molecule has 1 unspecified atom stereocenters. The number of aliphatic hydroxyl groups excluding tert-OH is 1. The first-order valence-corrected chi connectivity index (χ1v) is 12.1. The minimum atomic E-state index is -0.450. The lowest BCUT2D eigenvalue weighted by atomic mass is 9.89. The zero-order valence-electron chi connectivity index (χ0n) is 19.2. The molecule has 2 N–H and O–H groups in total. The molecule has 3 heterocycles. The fourth-order valence-electron chi connectivity index (χ4n) is 5.23. The summed E-state index contributed by atoms with van der Waals surface area (Å²) in [6.45, 7) is 2.51. The van der Waals surface area contributed by atoms with Crippen LogP contribution in [0, 0.1) is 11.8 Å². The SMILES string of the molecule is O=C1CCC(C=[N+]2Cc3cc(N4CCC(Cc5ccc(CO)cc5)CC4)ccc3C2=O)C(=O)N1. The number of hydrogen-bond acceptors (Lipinski definition) is 5. The van der Waals surface area contributed by atoms with Crippen molar-refractivity contribution in [2.45, 2.75) is 45.3 Å². The number of carbonyl (C=O) groups is 3. The highest BCUT2D eigenvalue weighted by Crippen LogP contribution is 2.30. The number of amides is 3. The first-order chi connectivity index (χ1) is 16.5. The molecule has 1 atom stereocenters. The van der Waals surface area contributed by atoms with Crippen molar-refractivity contribution < 1.29 is 24.1 Å². The average molecular weight is 461 g/mol. The Labute approximate surface area is 199 Å². The van der Waals surface area contributed by atoms with E-state index in [1.807, 2.05) is 24.3 Å². The monoisotopic (exact) mass is 460 g/mol. The van der Waals surface area contributed by atoms with Crippen LogP contribution in [-0.2, 0) is 29.2 Å². The lowest BCUT2D eigenvalue weighted by molar-refractivity contribution is -0.434. The molecule has 0 aliphatic carbocycles. The van der Waals surface area contributed by atoms with Crippen LogP contribution in [-0.4, -0.2) is 46.7 Å². The summed E-state index contributed by atoms with van der Waals surface area (Å²) < 4.78 is 1.61. The number of hydrogen-bond donors (Lipinski definition) is 2. The number of nitrogens with one attached hydrogen (secondary N) is 1. The van der Waals surface area contributed by atoms with Crippen LogP contribution >= 0.6 is 0 Å². The van der Waals surface area contributed by atoms with Crippen LogP contribution in [0.4, 0.5) is 5.69 Å². The van der Waals surface area contributed by atoms with E-state index < -0.39 is 5.92 Å². The predicted molar refractivity (Wildman–Crippen MR) is 128 cm³/mol. The summed E-state index contributed by atoms with van der Waals surface area (Å²) in [6, 6.07) is 14.3. The third kappa shape index (κ3) is 4.66. The lowest BCUT2D eigenvalue weighted by Gasteiger charge is -2.34. The summed E-state index contributed by atoms with van der Waals surface area (Å²) in [7, 11) is 0. The highest BCUT2D eigenvalue weighted by atomic mass is 16.3. The van der Waals surface area contributed by atoms with Gasteiger partial charge in [0.05, 0.1) is 6.61 Å². The smallest absolute Gasteiger partial charge is 0.392 e. The van der Waals surface area contributed by atoms with Gasteiger partial charge in [-0.2, -0.15) is 4.58 Å². The fraction of sp³-hybridized carbons (Fsp3) is 0.407. The van der Waals surface area contributed by atoms with E-state index in [9.17, 15) is 19.5 Å². The maximum atomic E-state index is 12.9. The van der Waals surface area contributed by atoms with Gasteiger partial charge in [-0.3, -0.25) is 14.9 Å². The number of imide groups is 1. The number of benzene rings is 2. The Morgan fingerprint density at radius 3 is 2.44 bits per heavy atom. The van der Waals surface area contributed by atoms with E-state index in [0.29, 0.717) is 30.9 Å². The minimum Gasteiger partial charge on any atom is -0.392 e. The molecule has 2 fully saturated rings. The molecule has 2 aromatic rings. The van der Waals surface area contributed by atoms with Gasteiger partial charge in [-0.1, -0.05) is 24.3 Å². The molecule has 0 spiro atoms. The van der Waals surface area contributed by atoms with Crippen molar-refractivity contribution in [1.29, 1.82) is 0 Å². The van der Waals surface area contributed by atoms with Crippen molar-refractivity contribution in [2.75, 3.05) is 18.0 Å². The molecule has 0 bridgehead atoms. The van der Waals surface area contributed by atoms with E-state index in [4.69, 9.17) is 0 Å². The van der Waals surface area contributed by atoms with E-state index in [0.717, 1.165) is 49.2 Å². The maximum Gasteiger partial charge on any atom is 0.419 e. The Morgan fingerprint density at radius 1 is 1.00 bits per heavy atom. The number of piperidine rings is 2. The molecule has 0 radical (unpaired) electrons. The molecule has 5 rings (SSSR count). The molecule has 3 amide bonds. The maximum absolute atomic E-state index is 12.9. The van der Waals surface area contributed by atoms with Gasteiger partial charge < -0.3 is 10.0 Å². The van der Waals surface area contributed by atoms with Gasteiger partial charge in [0, 0.05) is 30.8 Å². The third-order valence-corrected chi connectivity index (χ3v) is 7.27. The lowest BCUT2D eigenvalue weighted by Crippen LogP contribution is -2.42. The van der Waals surface area contributed by atoms with Gasteiger partial charge in [-0.05, 0) is 60.9 Å². The van der Waals surface area contributed by atoms with Gasteiger partial charge in [0.1, 0.15) is 11.5 Å². The highest BCUT2D eigenvalue weighted by molar-refractivity contribution is 6.05. The first kappa shape index (κ1) is 22.5. The molecule has 34 heavy (non-hydrogen) atoms. The summed E-state index contributed by atoms with van der Waals surface area (Å²) in [5.41, 5.74) is 5.08. The van der Waals surface area contributed by atoms with Crippen molar-refractivity contribution in [3.05, 3.63) is 64.7 Å². The van der Waals surface area contributed by atoms with Crippen LogP contribution in [0.15, 0.2) is 42.5 Å². The number of fused-ring (bicyclic) bond motifs is 1. The minimum absolute atomic E-state index is 0.0811. The van der Waals surface area contributed by atoms with Crippen LogP contribution < -0.4 is 10.2 Å². The molecular formula is C27H30N3O4+. The largest absolute Gasteiger partial charge is 0.419 e. The van der Waals surface area contributed by atoms with Gasteiger partial charge >= 0.3 is 5.91 Å². The van der Waals surface area contributed by atoms with Crippen molar-refractivity contribution >= 4 is 29.6 Å². The van der Waals surface area contributed by atoms with Crippen LogP contribution in [0.5, 0.6) is 0 Å². The molecule has 176 valence electrons. The van der Waals surface area contributed by atoms with Gasteiger partial charge in [0.15, 0.2) is 12.8 Å². The molecule has 3 aliphatic rings. The van der Waals surface area contributed by atoms with Gasteiger partial charge in [0.25, 0.3) is 0 Å². The third-order valence-electron chi connectivity index (χ3n) is 7.27. The molecular weight excluding hydrogens is 430 g/mol. The standard InChI is InChI=1S/C27H29N3O4/c31-17-20-3-1-18(2-4-20)13-19-9-11-29(12-10-19)23-6-7-24-22(14-23)16-30(27(24)34)15-21-5-8-25(32)28-26(21)33/h1-4,6-7,14-15,19,21,31H,5,8-13,16-17H2/p+1. The van der Waals surface area contributed by atoms with Crippen LogP contribution in [0.1, 0.15) is 52.7 Å². The van der Waals surface area contributed by atoms with Crippen molar-refractivity contribution in [3.63, 3.8) is 0 Å². The zero-order chi connectivity index (χ0) is 23.7. The summed E-state index contributed by atoms with van der Waals surface area (Å²) in [5, 5.41) is 11.6. The van der Waals surface area contributed by atoms with Crippen molar-refractivity contribution in [1.82, 2.24) is 5.32 Å². The van der Waals surface area contributed by atoms with E-state index in [1.54, 1.807) is 10.8 Å². The molecule has 3 aliphatic heterocycles. The Hall–Kier alpha value is -3.32. The average Bonchev–Trinajstić information content (AvgIpc) is 3.16. The van der Waals surface area contributed by atoms with Crippen LogP contribution in [0.3, 0.4) is 0 Å². The number of carbonyl (C=O) groups excluding carboxylic acids is 3. The second-order valence-electron chi connectivity index (χ2n) is 9.59. The number of anilines is 1. The highest BCUT2D eigenvalue weighted by Gasteiger charge is 2.36. The van der Waals surface area contributed by atoms with Crippen molar-refractivity contribution in [3.8, 4) is 0 Å². The second kappa shape index (κ2) is 9.50. The molecule has 7 heteroatoms. The number of nitrogens with zero attached hydrogens (tertiary/aromatic N) is 2. The van der Waals surface area contributed by atoms with Gasteiger partial charge in [0.2, 0.25) is 11.8 Å². The summed E-state index contributed by atoms with van der Waals surface area (Å²) in [4.78, 5) is 38.7. The van der Waals surface area contributed by atoms with E-state index in [-0.39, 0.29) is 24.3 Å². The van der Waals surface area contributed by atoms with Gasteiger partial charge in [-0.15, -0.1) is 0 Å². The van der Waals surface area contributed by atoms with E-state index >= 15 is 0 Å². The summed E-state index contributed by atoms with van der Waals surface area (Å²) in [5.74, 6) is -0.469. The Balaban J connectivity index is 1.21. The Bertz CT molecular complexity index is 1150. The number of rotatable bonds is 5. The van der Waals surface area contributed by atoms with Crippen LogP contribution in [0.2, 0.25) is 0 Å². The molecule has 2 aromatic carbocycles. The summed E-state index contributed by atoms with van der Waals surface area (Å²) in [6.07, 6.45) is 5.72. The van der Waals surface area contributed by atoms with Crippen LogP contribution in [0.25, 0.3) is 0 Å². The first-order valence-electron chi connectivity index (χ1n) is 12.1.